The standard InChI is InChI=1S/C17H22N2O3/c1-3-17(4-2,11-20)10-18-16(22)13-9-15(21)19-14-8-6-5-7-12(13)14/h5-9,20H,3-4,10-11H2,1-2H3,(H,18,22)(H,19,21). The summed E-state index contributed by atoms with van der Waals surface area (Å²) in [7, 11) is 0. The minimum Gasteiger partial charge on any atom is -0.396 e. The summed E-state index contributed by atoms with van der Waals surface area (Å²) in [5, 5.41) is 13.1. The molecule has 0 aliphatic heterocycles. The number of rotatable bonds is 6. The van der Waals surface area contributed by atoms with Gasteiger partial charge in [-0.15, -0.1) is 0 Å². The number of fused-ring (bicyclic) bond motifs is 1. The van der Waals surface area contributed by atoms with E-state index in [1.807, 2.05) is 26.0 Å². The predicted octanol–water partition coefficient (Wildman–Crippen LogP) is 2.06. The molecule has 1 aromatic heterocycles. The maximum absolute atomic E-state index is 12.5. The van der Waals surface area contributed by atoms with Gasteiger partial charge >= 0.3 is 0 Å². The second-order valence-corrected chi connectivity index (χ2v) is 5.64. The molecule has 118 valence electrons. The fraction of sp³-hybridized carbons (Fsp3) is 0.412. The van der Waals surface area contributed by atoms with E-state index < -0.39 is 0 Å². The number of nitrogens with one attached hydrogen (secondary N) is 2. The summed E-state index contributed by atoms with van der Waals surface area (Å²) in [5.74, 6) is -0.290. The van der Waals surface area contributed by atoms with E-state index in [0.29, 0.717) is 23.0 Å². The van der Waals surface area contributed by atoms with E-state index in [-0.39, 0.29) is 23.5 Å². The number of carbonyl (C=O) groups is 1. The highest BCUT2D eigenvalue weighted by Gasteiger charge is 2.26. The number of para-hydroxylation sites is 1. The predicted molar refractivity (Wildman–Crippen MR) is 87.0 cm³/mol. The molecular weight excluding hydrogens is 280 g/mol. The minimum absolute atomic E-state index is 0.0242. The van der Waals surface area contributed by atoms with Crippen LogP contribution in [-0.2, 0) is 0 Å². The Morgan fingerprint density at radius 3 is 2.59 bits per heavy atom. The summed E-state index contributed by atoms with van der Waals surface area (Å²) in [6.07, 6.45) is 1.55. The number of hydrogen-bond donors (Lipinski definition) is 3. The molecule has 2 rings (SSSR count). The summed E-state index contributed by atoms with van der Waals surface area (Å²) < 4.78 is 0. The van der Waals surface area contributed by atoms with E-state index >= 15 is 0 Å². The first-order valence-electron chi connectivity index (χ1n) is 7.56. The summed E-state index contributed by atoms with van der Waals surface area (Å²) in [4.78, 5) is 26.9. The highest BCUT2D eigenvalue weighted by molar-refractivity contribution is 6.05. The van der Waals surface area contributed by atoms with E-state index in [0.717, 1.165) is 12.8 Å². The Balaban J connectivity index is 2.29. The normalized spacial score (nSPS) is 11.6. The third kappa shape index (κ3) is 3.20. The van der Waals surface area contributed by atoms with E-state index in [1.54, 1.807) is 12.1 Å². The largest absolute Gasteiger partial charge is 0.396 e. The molecular formula is C17H22N2O3. The Bertz CT molecular complexity index is 709. The van der Waals surface area contributed by atoms with Crippen LogP contribution in [0.15, 0.2) is 35.1 Å². The lowest BCUT2D eigenvalue weighted by Gasteiger charge is -2.29. The van der Waals surface area contributed by atoms with Crippen molar-refractivity contribution in [2.24, 2.45) is 5.41 Å². The van der Waals surface area contributed by atoms with Gasteiger partial charge in [-0.25, -0.2) is 0 Å². The fourth-order valence-corrected chi connectivity index (χ4v) is 2.54. The minimum atomic E-state index is -0.313. The molecule has 0 aliphatic carbocycles. The van der Waals surface area contributed by atoms with Gasteiger partial charge in [0.25, 0.3) is 5.91 Å². The number of amides is 1. The van der Waals surface area contributed by atoms with Crippen LogP contribution in [0.2, 0.25) is 0 Å². The lowest BCUT2D eigenvalue weighted by atomic mass is 9.83. The summed E-state index contributed by atoms with van der Waals surface area (Å²) >= 11 is 0. The number of H-pyrrole nitrogens is 1. The van der Waals surface area contributed by atoms with Crippen LogP contribution in [0.1, 0.15) is 37.0 Å². The second kappa shape index (κ2) is 6.75. The highest BCUT2D eigenvalue weighted by Crippen LogP contribution is 2.24. The molecule has 2 aromatic rings. The van der Waals surface area contributed by atoms with Crippen LogP contribution in [0.5, 0.6) is 0 Å². The molecule has 5 nitrogen and oxygen atoms in total. The van der Waals surface area contributed by atoms with Gasteiger partial charge in [-0.1, -0.05) is 32.0 Å². The Labute approximate surface area is 129 Å². The highest BCUT2D eigenvalue weighted by atomic mass is 16.3. The molecule has 22 heavy (non-hydrogen) atoms. The molecule has 0 unspecified atom stereocenters. The van der Waals surface area contributed by atoms with E-state index in [2.05, 4.69) is 10.3 Å². The topological polar surface area (TPSA) is 82.2 Å². The zero-order valence-corrected chi connectivity index (χ0v) is 13.0. The molecule has 1 heterocycles. The molecule has 0 aliphatic rings. The summed E-state index contributed by atoms with van der Waals surface area (Å²) in [6.45, 7) is 4.40. The number of aromatic amines is 1. The Morgan fingerprint density at radius 1 is 1.27 bits per heavy atom. The van der Waals surface area contributed by atoms with E-state index in [4.69, 9.17) is 0 Å². The smallest absolute Gasteiger partial charge is 0.252 e. The van der Waals surface area contributed by atoms with Crippen molar-refractivity contribution in [2.75, 3.05) is 13.2 Å². The van der Waals surface area contributed by atoms with Gasteiger partial charge in [-0.05, 0) is 18.9 Å². The average Bonchev–Trinajstić information content (AvgIpc) is 2.55. The van der Waals surface area contributed by atoms with Crippen LogP contribution in [0.4, 0.5) is 0 Å². The van der Waals surface area contributed by atoms with Crippen molar-refractivity contribution >= 4 is 16.8 Å². The Hall–Kier alpha value is -2.14. The maximum atomic E-state index is 12.5. The maximum Gasteiger partial charge on any atom is 0.252 e. The fourth-order valence-electron chi connectivity index (χ4n) is 2.54. The van der Waals surface area contributed by atoms with Gasteiger partial charge in [0.15, 0.2) is 0 Å². The van der Waals surface area contributed by atoms with Crippen molar-refractivity contribution in [3.8, 4) is 0 Å². The van der Waals surface area contributed by atoms with Crippen molar-refractivity contribution in [3.63, 3.8) is 0 Å². The van der Waals surface area contributed by atoms with Gasteiger partial charge < -0.3 is 15.4 Å². The van der Waals surface area contributed by atoms with Gasteiger partial charge in [-0.3, -0.25) is 9.59 Å². The molecule has 1 aromatic carbocycles. The first kappa shape index (κ1) is 16.2. The van der Waals surface area contributed by atoms with Crippen molar-refractivity contribution in [3.05, 3.63) is 46.2 Å². The van der Waals surface area contributed by atoms with Gasteiger partial charge in [0.1, 0.15) is 0 Å². The van der Waals surface area contributed by atoms with Gasteiger partial charge in [-0.2, -0.15) is 0 Å². The van der Waals surface area contributed by atoms with E-state index in [9.17, 15) is 14.7 Å². The number of aliphatic hydroxyl groups excluding tert-OH is 1. The third-order valence-corrected chi connectivity index (χ3v) is 4.45. The zero-order valence-electron chi connectivity index (χ0n) is 13.0. The zero-order chi connectivity index (χ0) is 16.2. The Kier molecular flexibility index (Phi) is 4.98. The molecule has 0 fully saturated rings. The number of aliphatic hydroxyl groups is 1. The van der Waals surface area contributed by atoms with Crippen LogP contribution in [0, 0.1) is 5.41 Å². The van der Waals surface area contributed by atoms with Crippen LogP contribution in [-0.4, -0.2) is 29.1 Å². The second-order valence-electron chi connectivity index (χ2n) is 5.64. The number of carbonyl (C=O) groups excluding carboxylic acids is 1. The molecule has 0 saturated heterocycles. The van der Waals surface area contributed by atoms with Crippen LogP contribution in [0.3, 0.4) is 0 Å². The van der Waals surface area contributed by atoms with Crippen molar-refractivity contribution in [1.29, 1.82) is 0 Å². The van der Waals surface area contributed by atoms with Crippen LogP contribution >= 0.6 is 0 Å². The van der Waals surface area contributed by atoms with E-state index in [1.165, 1.54) is 6.07 Å². The third-order valence-electron chi connectivity index (χ3n) is 4.45. The van der Waals surface area contributed by atoms with Gasteiger partial charge in [0.05, 0.1) is 12.2 Å². The lowest BCUT2D eigenvalue weighted by molar-refractivity contribution is 0.0852. The first-order valence-corrected chi connectivity index (χ1v) is 7.56. The van der Waals surface area contributed by atoms with Crippen molar-refractivity contribution < 1.29 is 9.90 Å². The van der Waals surface area contributed by atoms with Crippen LogP contribution in [0.25, 0.3) is 10.9 Å². The van der Waals surface area contributed by atoms with Gasteiger partial charge in [0, 0.05) is 28.9 Å². The molecule has 1 amide bonds. The molecule has 5 heteroatoms. The first-order chi connectivity index (χ1) is 10.5. The average molecular weight is 302 g/mol. The molecule has 3 N–H and O–H groups in total. The quantitative estimate of drug-likeness (QED) is 0.764. The number of hydrogen-bond acceptors (Lipinski definition) is 3. The number of aromatic nitrogens is 1. The summed E-state index contributed by atoms with van der Waals surface area (Å²) in [6, 6.07) is 8.53. The Morgan fingerprint density at radius 2 is 1.95 bits per heavy atom. The van der Waals surface area contributed by atoms with Crippen molar-refractivity contribution in [1.82, 2.24) is 10.3 Å². The van der Waals surface area contributed by atoms with Crippen LogP contribution < -0.4 is 10.9 Å². The molecule has 0 spiro atoms. The van der Waals surface area contributed by atoms with Gasteiger partial charge in [0.2, 0.25) is 5.56 Å². The molecule has 0 atom stereocenters. The monoisotopic (exact) mass is 302 g/mol. The number of pyridine rings is 1. The lowest BCUT2D eigenvalue weighted by Crippen LogP contribution is -2.39. The van der Waals surface area contributed by atoms with Crippen molar-refractivity contribution in [2.45, 2.75) is 26.7 Å². The SMILES string of the molecule is CCC(CC)(CO)CNC(=O)c1cc(=O)[nH]c2ccccc12. The molecule has 0 radical (unpaired) electrons. The summed E-state index contributed by atoms with van der Waals surface area (Å²) in [5.41, 5.74) is 0.383. The molecule has 0 bridgehead atoms. The number of benzene rings is 1. The molecule has 0 saturated carbocycles.